The quantitative estimate of drug-likeness (QED) is 0.119. The third-order valence-corrected chi connectivity index (χ3v) is 8.60. The fourth-order valence-corrected chi connectivity index (χ4v) is 5.57. The standard InChI is InChI=1S/C18H18I2.2CHF3O3S/c1-18(2,3)13-14-19-15-9-11-17(12-10-15)20-16-7-5-4-6-8-16;2*2-1(3,4)8(5,6)7/h4-12H,1-3H3;2*(H,5,6,7)/q+2;;/p-2. The maximum atomic E-state index is 10.7. The van der Waals surface area contributed by atoms with E-state index in [1.807, 2.05) is 0 Å². The molecule has 0 amide bonds. The zero-order valence-corrected chi connectivity index (χ0v) is 24.4. The molecule has 2 aromatic carbocycles. The van der Waals surface area contributed by atoms with E-state index >= 15 is 0 Å². The van der Waals surface area contributed by atoms with E-state index in [2.05, 4.69) is 85.2 Å². The van der Waals surface area contributed by atoms with Crippen molar-refractivity contribution in [2.75, 3.05) is 0 Å². The van der Waals surface area contributed by atoms with Crippen LogP contribution in [-0.4, -0.2) is 37.0 Å². The highest BCUT2D eigenvalue weighted by Crippen LogP contribution is 2.21. The molecule has 2 aromatic rings. The van der Waals surface area contributed by atoms with Gasteiger partial charge < -0.3 is 9.11 Å². The molecule has 0 radical (unpaired) electrons. The van der Waals surface area contributed by atoms with Gasteiger partial charge in [0.15, 0.2) is 31.3 Å². The van der Waals surface area contributed by atoms with Crippen molar-refractivity contribution in [1.82, 2.24) is 0 Å². The summed E-state index contributed by atoms with van der Waals surface area (Å²) in [6, 6.07) is 19.9. The number of hydrogen-bond acceptors (Lipinski definition) is 6. The van der Waals surface area contributed by atoms with Crippen LogP contribution in [0.25, 0.3) is 0 Å². The van der Waals surface area contributed by atoms with E-state index in [1.54, 1.807) is 0 Å². The lowest BCUT2D eigenvalue weighted by Gasteiger charge is -2.08. The lowest BCUT2D eigenvalue weighted by molar-refractivity contribution is -0.598. The van der Waals surface area contributed by atoms with Crippen molar-refractivity contribution in [2.45, 2.75) is 31.8 Å². The van der Waals surface area contributed by atoms with E-state index in [9.17, 15) is 26.3 Å². The minimum absolute atomic E-state index is 0.0404. The van der Waals surface area contributed by atoms with Crippen LogP contribution in [-0.2, 0) is 20.2 Å². The van der Waals surface area contributed by atoms with Gasteiger partial charge in [0.1, 0.15) is 0 Å². The summed E-state index contributed by atoms with van der Waals surface area (Å²) >= 11 is -0.202. The van der Waals surface area contributed by atoms with Gasteiger partial charge in [0.2, 0.25) is 3.57 Å². The van der Waals surface area contributed by atoms with Crippen molar-refractivity contribution >= 4 is 20.2 Å². The number of halogens is 8. The van der Waals surface area contributed by atoms with Crippen molar-refractivity contribution in [3.8, 4) is 9.85 Å². The SMILES string of the molecule is CC(C)(C)C#C[I+]c1ccc([I+]c2ccccc2)cc1.O=S(=O)([O-])C(F)(F)F.O=S(=O)([O-])C(F)(F)F. The number of hydrogen-bond donors (Lipinski definition) is 0. The van der Waals surface area contributed by atoms with Crippen LogP contribution in [0.5, 0.6) is 0 Å². The number of alkyl halides is 6. The van der Waals surface area contributed by atoms with Crippen LogP contribution in [0.2, 0.25) is 0 Å². The van der Waals surface area contributed by atoms with Crippen LogP contribution < -0.4 is 42.4 Å². The van der Waals surface area contributed by atoms with Crippen LogP contribution in [0.15, 0.2) is 54.6 Å². The number of benzene rings is 2. The highest BCUT2D eigenvalue weighted by molar-refractivity contribution is 7.86. The van der Waals surface area contributed by atoms with Crippen molar-refractivity contribution in [3.63, 3.8) is 0 Å². The van der Waals surface area contributed by atoms with Gasteiger partial charge in [-0.3, -0.25) is 0 Å². The molecular formula is C20H18F6I2O6S2. The third-order valence-electron chi connectivity index (χ3n) is 2.90. The van der Waals surface area contributed by atoms with Gasteiger partial charge >= 0.3 is 53.4 Å². The van der Waals surface area contributed by atoms with Gasteiger partial charge in [-0.05, 0) is 63.1 Å². The number of rotatable bonds is 3. The molecule has 2 rings (SSSR count). The van der Waals surface area contributed by atoms with E-state index in [0.717, 1.165) is 0 Å². The summed E-state index contributed by atoms with van der Waals surface area (Å²) in [5.41, 5.74) is -11.2. The summed E-state index contributed by atoms with van der Waals surface area (Å²) in [4.78, 5) is 0. The second-order valence-corrected chi connectivity index (χ2v) is 15.3. The predicted molar refractivity (Wildman–Crippen MR) is 108 cm³/mol. The van der Waals surface area contributed by atoms with Crippen LogP contribution in [0.4, 0.5) is 26.3 Å². The molecule has 0 atom stereocenters. The van der Waals surface area contributed by atoms with Gasteiger partial charge in [-0.25, -0.2) is 16.8 Å². The maximum absolute atomic E-state index is 10.7. The average molecular weight is 786 g/mol. The minimum Gasteiger partial charge on any atom is -0.741 e. The molecule has 0 N–H and O–H groups in total. The van der Waals surface area contributed by atoms with Gasteiger partial charge in [-0.1, -0.05) is 18.2 Å². The summed E-state index contributed by atoms with van der Waals surface area (Å²) in [6.45, 7) is 6.49. The highest BCUT2D eigenvalue weighted by Gasteiger charge is 2.37. The lowest BCUT2D eigenvalue weighted by Crippen LogP contribution is -3.61. The fraction of sp³-hybridized carbons (Fsp3) is 0.300. The molecule has 36 heavy (non-hydrogen) atoms. The van der Waals surface area contributed by atoms with E-state index in [4.69, 9.17) is 25.9 Å². The van der Waals surface area contributed by atoms with Crippen LogP contribution in [0, 0.1) is 26.0 Å². The Labute approximate surface area is 225 Å². The topological polar surface area (TPSA) is 114 Å². The summed E-state index contributed by atoms with van der Waals surface area (Å²) < 4.78 is 126. The Morgan fingerprint density at radius 2 is 1.00 bits per heavy atom. The van der Waals surface area contributed by atoms with Crippen molar-refractivity contribution in [2.24, 2.45) is 5.41 Å². The second-order valence-electron chi connectivity index (χ2n) is 7.19. The summed E-state index contributed by atoms with van der Waals surface area (Å²) in [5, 5.41) is 0. The zero-order chi connectivity index (χ0) is 28.4. The zero-order valence-electron chi connectivity index (χ0n) is 18.5. The first kappa shape index (κ1) is 34.9. The summed E-state index contributed by atoms with van der Waals surface area (Å²) in [6.07, 6.45) is 0. The molecule has 0 spiro atoms. The van der Waals surface area contributed by atoms with Crippen molar-refractivity contribution in [1.29, 1.82) is 0 Å². The van der Waals surface area contributed by atoms with E-state index < -0.39 is 31.3 Å². The first-order valence-electron chi connectivity index (χ1n) is 9.03. The Morgan fingerprint density at radius 1 is 0.667 bits per heavy atom. The maximum Gasteiger partial charge on any atom is 0.485 e. The first-order chi connectivity index (χ1) is 16.0. The van der Waals surface area contributed by atoms with Gasteiger partial charge in [0.25, 0.3) is 0 Å². The molecular weight excluding hydrogens is 768 g/mol. The lowest BCUT2D eigenvalue weighted by atomic mass is 9.99. The molecule has 0 aliphatic carbocycles. The predicted octanol–water partition coefficient (Wildman–Crippen LogP) is -1.82. The van der Waals surface area contributed by atoms with Gasteiger partial charge in [0.05, 0.1) is 0 Å². The van der Waals surface area contributed by atoms with E-state index in [-0.39, 0.29) is 47.8 Å². The third kappa shape index (κ3) is 15.9. The highest BCUT2D eigenvalue weighted by atomic mass is 127. The largest absolute Gasteiger partial charge is 0.741 e. The Balaban J connectivity index is 0.000000634. The van der Waals surface area contributed by atoms with Crippen LogP contribution >= 0.6 is 0 Å². The Bertz CT molecular complexity index is 1190. The second kappa shape index (κ2) is 14.1. The first-order valence-corrected chi connectivity index (χ1v) is 16.2. The Kier molecular flexibility index (Phi) is 13.7. The Hall–Kier alpha value is -1.14. The van der Waals surface area contributed by atoms with Crippen LogP contribution in [0.3, 0.4) is 0 Å². The normalized spacial score (nSPS) is 12.2. The smallest absolute Gasteiger partial charge is 0.485 e. The molecule has 6 nitrogen and oxygen atoms in total. The molecule has 0 unspecified atom stereocenters. The molecule has 16 heteroatoms. The summed E-state index contributed by atoms with van der Waals surface area (Å²) in [5.74, 6) is 3.33. The Morgan fingerprint density at radius 3 is 1.33 bits per heavy atom. The molecule has 0 fully saturated rings. The molecule has 202 valence electrons. The molecule has 0 aliphatic heterocycles. The monoisotopic (exact) mass is 786 g/mol. The average Bonchev–Trinajstić information content (AvgIpc) is 2.67. The molecule has 0 saturated heterocycles. The molecule has 0 saturated carbocycles. The van der Waals surface area contributed by atoms with E-state index in [1.165, 1.54) is 10.7 Å². The fourth-order valence-electron chi connectivity index (χ4n) is 1.38. The van der Waals surface area contributed by atoms with E-state index in [0.29, 0.717) is 0 Å². The van der Waals surface area contributed by atoms with Gasteiger partial charge in [-0.2, -0.15) is 26.3 Å². The minimum atomic E-state index is -6.09. The van der Waals surface area contributed by atoms with Gasteiger partial charge in [0, 0.05) is 5.41 Å². The van der Waals surface area contributed by atoms with Crippen molar-refractivity contribution in [3.05, 3.63) is 65.3 Å². The molecule has 0 heterocycles. The molecule has 0 bridgehead atoms. The summed E-state index contributed by atoms with van der Waals surface area (Å²) in [7, 11) is -12.2. The van der Waals surface area contributed by atoms with Gasteiger partial charge in [-0.15, -0.1) is 0 Å². The van der Waals surface area contributed by atoms with Crippen molar-refractivity contribution < 1.29 is 94.7 Å². The molecule has 0 aliphatic rings. The molecule has 0 aromatic heterocycles. The van der Waals surface area contributed by atoms with Crippen LogP contribution in [0.1, 0.15) is 20.8 Å².